The molecule has 0 aliphatic carbocycles. The van der Waals surface area contributed by atoms with E-state index < -0.39 is 6.09 Å². The molecule has 5 rings (SSSR count). The molecule has 2 heterocycles. The zero-order chi connectivity index (χ0) is 34.0. The topological polar surface area (TPSA) is 124 Å². The van der Waals surface area contributed by atoms with Crippen molar-refractivity contribution in [3.05, 3.63) is 77.9 Å². The first kappa shape index (κ1) is 34.2. The minimum absolute atomic E-state index is 0.135. The number of benzene rings is 3. The summed E-state index contributed by atoms with van der Waals surface area (Å²) in [5.41, 5.74) is 7.21. The van der Waals surface area contributed by atoms with Gasteiger partial charge in [-0.05, 0) is 66.7 Å². The lowest BCUT2D eigenvalue weighted by molar-refractivity contribution is -0.130. The number of aromatic nitrogens is 2. The molecule has 1 aliphatic rings. The number of methoxy groups -OCH3 is 1. The van der Waals surface area contributed by atoms with Crippen LogP contribution in [0.4, 0.5) is 4.79 Å². The predicted octanol–water partition coefficient (Wildman–Crippen LogP) is 5.81. The molecule has 0 saturated heterocycles. The summed E-state index contributed by atoms with van der Waals surface area (Å²) in [5, 5.41) is 7.84. The molecule has 0 radical (unpaired) electrons. The fourth-order valence-electron chi connectivity index (χ4n) is 5.86. The Labute approximate surface area is 282 Å². The number of nitrogens with one attached hydrogen (secondary N) is 3. The van der Waals surface area contributed by atoms with Crippen LogP contribution in [0.3, 0.4) is 0 Å². The molecule has 11 heteroatoms. The van der Waals surface area contributed by atoms with Crippen molar-refractivity contribution >= 4 is 34.7 Å². The van der Waals surface area contributed by atoms with E-state index in [2.05, 4.69) is 97.7 Å². The molecular formula is C37H45N7O4. The molecule has 3 N–H and O–H groups in total. The van der Waals surface area contributed by atoms with Gasteiger partial charge in [-0.25, -0.2) is 9.78 Å². The van der Waals surface area contributed by atoms with Crippen molar-refractivity contribution in [2.45, 2.75) is 39.8 Å². The Balaban J connectivity index is 1.32. The minimum Gasteiger partial charge on any atom is -0.488 e. The number of nitrogens with zero attached hydrogens (tertiary/aromatic N) is 4. The number of alkyl carbamates (subject to hydrolysis) is 1. The van der Waals surface area contributed by atoms with Crippen LogP contribution in [-0.2, 0) is 22.7 Å². The largest absolute Gasteiger partial charge is 0.488 e. The van der Waals surface area contributed by atoms with Gasteiger partial charge < -0.3 is 34.9 Å². The number of aliphatic imine (C=N–C) groups is 1. The SMILES string of the molecule is CCCN(C)C/C=N/C=C(\NC)c1ccc2c(c1)COc1c-2ccc2cc(-c3cnc(CN(CCC)C(=O)CNC(=O)OC)[nH]3)ccc12. The van der Waals surface area contributed by atoms with Crippen molar-refractivity contribution in [3.8, 4) is 28.1 Å². The van der Waals surface area contributed by atoms with Gasteiger partial charge in [0.05, 0.1) is 37.4 Å². The van der Waals surface area contributed by atoms with Crippen LogP contribution in [-0.4, -0.2) is 85.4 Å². The Kier molecular flexibility index (Phi) is 11.5. The van der Waals surface area contributed by atoms with Crippen LogP contribution in [0.25, 0.3) is 38.9 Å². The number of aromatic amines is 1. The van der Waals surface area contributed by atoms with Crippen molar-refractivity contribution in [3.63, 3.8) is 0 Å². The number of carbonyl (C=O) groups excluding carboxylic acids is 2. The van der Waals surface area contributed by atoms with E-state index in [-0.39, 0.29) is 12.5 Å². The van der Waals surface area contributed by atoms with E-state index in [1.807, 2.05) is 26.4 Å². The number of hydrogen-bond acceptors (Lipinski definition) is 8. The van der Waals surface area contributed by atoms with Crippen molar-refractivity contribution in [2.24, 2.45) is 4.99 Å². The summed E-state index contributed by atoms with van der Waals surface area (Å²) < 4.78 is 11.0. The first-order valence-electron chi connectivity index (χ1n) is 16.4. The van der Waals surface area contributed by atoms with E-state index in [4.69, 9.17) is 4.74 Å². The molecule has 0 bridgehead atoms. The van der Waals surface area contributed by atoms with E-state index in [0.717, 1.165) is 81.7 Å². The number of rotatable bonds is 14. The maximum absolute atomic E-state index is 12.7. The van der Waals surface area contributed by atoms with E-state index in [9.17, 15) is 9.59 Å². The van der Waals surface area contributed by atoms with Gasteiger partial charge in [-0.1, -0.05) is 44.2 Å². The van der Waals surface area contributed by atoms with Gasteiger partial charge in [0, 0.05) is 42.9 Å². The fraction of sp³-hybridized carbons (Fsp3) is 0.351. The third-order valence-electron chi connectivity index (χ3n) is 8.32. The lowest BCUT2D eigenvalue weighted by atomic mass is 9.92. The molecular weight excluding hydrogens is 606 g/mol. The molecule has 1 aliphatic heterocycles. The summed E-state index contributed by atoms with van der Waals surface area (Å²) >= 11 is 0. The Morgan fingerprint density at radius 1 is 1.08 bits per heavy atom. The molecule has 0 spiro atoms. The first-order valence-corrected chi connectivity index (χ1v) is 16.4. The number of ether oxygens (including phenoxy) is 2. The van der Waals surface area contributed by atoms with Gasteiger partial charge in [-0.2, -0.15) is 0 Å². The van der Waals surface area contributed by atoms with Gasteiger partial charge in [-0.3, -0.25) is 9.79 Å². The normalized spacial score (nSPS) is 12.5. The van der Waals surface area contributed by atoms with Crippen LogP contribution < -0.4 is 15.4 Å². The Morgan fingerprint density at radius 2 is 1.90 bits per heavy atom. The highest BCUT2D eigenvalue weighted by Gasteiger charge is 2.21. The van der Waals surface area contributed by atoms with Crippen molar-refractivity contribution in [1.82, 2.24) is 30.4 Å². The maximum Gasteiger partial charge on any atom is 0.407 e. The predicted molar refractivity (Wildman–Crippen MR) is 191 cm³/mol. The minimum atomic E-state index is -0.639. The summed E-state index contributed by atoms with van der Waals surface area (Å²) in [7, 11) is 5.28. The van der Waals surface area contributed by atoms with Crippen LogP contribution >= 0.6 is 0 Å². The van der Waals surface area contributed by atoms with Crippen molar-refractivity contribution < 1.29 is 19.1 Å². The molecule has 4 aromatic rings. The van der Waals surface area contributed by atoms with E-state index in [0.29, 0.717) is 25.5 Å². The number of amides is 2. The number of carbonyl (C=O) groups is 2. The molecule has 0 atom stereocenters. The average Bonchev–Trinajstić information content (AvgIpc) is 3.58. The number of imidazole rings is 1. The quantitative estimate of drug-likeness (QED) is 0.147. The third-order valence-corrected chi connectivity index (χ3v) is 8.32. The maximum atomic E-state index is 12.7. The monoisotopic (exact) mass is 651 g/mol. The van der Waals surface area contributed by atoms with Crippen LogP contribution in [0.5, 0.6) is 5.75 Å². The molecule has 2 amide bonds. The summed E-state index contributed by atoms with van der Waals surface area (Å²) in [5.74, 6) is 1.34. The number of hydrogen-bond donors (Lipinski definition) is 3. The molecule has 252 valence electrons. The van der Waals surface area contributed by atoms with E-state index in [1.54, 1.807) is 11.1 Å². The van der Waals surface area contributed by atoms with Gasteiger partial charge in [0.25, 0.3) is 0 Å². The van der Waals surface area contributed by atoms with Crippen LogP contribution in [0, 0.1) is 0 Å². The molecule has 1 aromatic heterocycles. The summed E-state index contributed by atoms with van der Waals surface area (Å²) in [6.07, 6.45) is 6.85. The highest BCUT2D eigenvalue weighted by atomic mass is 16.5. The fourth-order valence-corrected chi connectivity index (χ4v) is 5.86. The molecule has 11 nitrogen and oxygen atoms in total. The number of fused-ring (bicyclic) bond motifs is 5. The van der Waals surface area contributed by atoms with Crippen LogP contribution in [0.1, 0.15) is 43.6 Å². The molecule has 3 aromatic carbocycles. The summed E-state index contributed by atoms with van der Waals surface area (Å²) in [6.45, 7) is 7.23. The van der Waals surface area contributed by atoms with Crippen molar-refractivity contribution in [1.29, 1.82) is 0 Å². The van der Waals surface area contributed by atoms with Gasteiger partial charge in [-0.15, -0.1) is 0 Å². The molecule has 0 saturated carbocycles. The molecule has 0 unspecified atom stereocenters. The standard InChI is InChI=1S/C37H45N7O4/c1-6-15-43(4)17-14-39-20-32(38-3)26-9-11-29-28(19-26)24-48-36-30-12-10-27(18-25(30)8-13-31(29)36)33-21-40-34(42-33)23-44(16-7-2)35(45)22-41-37(46)47-5/h8-14,18-21,38H,6-7,15-17,22-24H2,1-5H3,(H,40,42)(H,41,46)/b32-20-,39-14+. The zero-order valence-corrected chi connectivity index (χ0v) is 28.4. The van der Waals surface area contributed by atoms with Gasteiger partial charge in [0.2, 0.25) is 5.91 Å². The van der Waals surface area contributed by atoms with Crippen LogP contribution in [0.2, 0.25) is 0 Å². The van der Waals surface area contributed by atoms with E-state index >= 15 is 0 Å². The smallest absolute Gasteiger partial charge is 0.407 e. The summed E-state index contributed by atoms with van der Waals surface area (Å²) in [4.78, 5) is 40.5. The Hall–Kier alpha value is -5.16. The lowest BCUT2D eigenvalue weighted by Crippen LogP contribution is -2.40. The second-order valence-electron chi connectivity index (χ2n) is 11.8. The number of H-pyrrole nitrogens is 1. The lowest BCUT2D eigenvalue weighted by Gasteiger charge is -2.23. The zero-order valence-electron chi connectivity index (χ0n) is 28.4. The highest BCUT2D eigenvalue weighted by Crippen LogP contribution is 2.43. The highest BCUT2D eigenvalue weighted by molar-refractivity contribution is 5.98. The second kappa shape index (κ2) is 16.1. The van der Waals surface area contributed by atoms with Gasteiger partial charge >= 0.3 is 6.09 Å². The Morgan fingerprint density at radius 3 is 2.67 bits per heavy atom. The third kappa shape index (κ3) is 8.03. The van der Waals surface area contributed by atoms with E-state index in [1.165, 1.54) is 7.11 Å². The summed E-state index contributed by atoms with van der Waals surface area (Å²) in [6, 6.07) is 17.0. The van der Waals surface area contributed by atoms with Gasteiger partial charge in [0.1, 0.15) is 24.7 Å². The molecule has 0 fully saturated rings. The van der Waals surface area contributed by atoms with Gasteiger partial charge in [0.15, 0.2) is 0 Å². The Bertz CT molecular complexity index is 1810. The first-order chi connectivity index (χ1) is 23.3. The second-order valence-corrected chi connectivity index (χ2v) is 11.8. The van der Waals surface area contributed by atoms with Crippen molar-refractivity contribution in [2.75, 3.05) is 47.4 Å². The molecule has 48 heavy (non-hydrogen) atoms. The average molecular weight is 652 g/mol. The van der Waals surface area contributed by atoms with Crippen LogP contribution in [0.15, 0.2) is 65.9 Å².